The number of aryl methyl sites for hydroxylation is 1. The number of alkyl halides is 3. The van der Waals surface area contributed by atoms with Crippen LogP contribution in [0.25, 0.3) is 0 Å². The van der Waals surface area contributed by atoms with Gasteiger partial charge in [0.05, 0.1) is 22.1 Å². The third kappa shape index (κ3) is 5.10. The number of hydroxylamine groups is 1. The summed E-state index contributed by atoms with van der Waals surface area (Å²) in [4.78, 5) is 26.0. The molecule has 2 aromatic rings. The first-order chi connectivity index (χ1) is 13.5. The van der Waals surface area contributed by atoms with Crippen LogP contribution in [0.5, 0.6) is 0 Å². The van der Waals surface area contributed by atoms with Gasteiger partial charge in [-0.15, -0.1) is 11.3 Å². The average Bonchev–Trinajstić information content (AvgIpc) is 3.15. The third-order valence-corrected chi connectivity index (χ3v) is 6.78. The van der Waals surface area contributed by atoms with Crippen LogP contribution in [-0.4, -0.2) is 47.2 Å². The largest absolute Gasteiger partial charge is 0.511 e. The molecular weight excluding hydrogens is 433 g/mol. The number of pyridine rings is 1. The van der Waals surface area contributed by atoms with Gasteiger partial charge in [-0.05, 0) is 25.5 Å². The predicted molar refractivity (Wildman–Crippen MR) is 99.2 cm³/mol. The zero-order chi connectivity index (χ0) is 21.8. The molecule has 1 amide bonds. The lowest BCUT2D eigenvalue weighted by Crippen LogP contribution is -2.46. The topological polar surface area (TPSA) is 101 Å². The molecule has 0 radical (unpaired) electrons. The van der Waals surface area contributed by atoms with E-state index >= 15 is 0 Å². The van der Waals surface area contributed by atoms with E-state index in [0.717, 1.165) is 18.4 Å². The normalized spacial score (nSPS) is 14.6. The number of nitrogens with one attached hydrogen (secondary N) is 1. The molecular formula is C16H19F3N4O4S2. The monoisotopic (exact) mass is 452 g/mol. The summed E-state index contributed by atoms with van der Waals surface area (Å²) in [6.07, 6.45) is 2.00. The molecule has 0 aromatic carbocycles. The fourth-order valence-corrected chi connectivity index (χ4v) is 4.28. The molecule has 2 rings (SSSR count). The summed E-state index contributed by atoms with van der Waals surface area (Å²) in [5, 5.41) is 0. The Hall–Kier alpha value is -2.09. The smallest absolute Gasteiger partial charge is 0.267 e. The molecule has 0 fully saturated rings. The van der Waals surface area contributed by atoms with Crippen LogP contribution in [-0.2, 0) is 21.3 Å². The predicted octanol–water partition coefficient (Wildman–Crippen LogP) is 2.67. The van der Waals surface area contributed by atoms with Crippen LogP contribution in [0.1, 0.15) is 40.9 Å². The summed E-state index contributed by atoms with van der Waals surface area (Å²) in [6.45, 7) is 3.04. The summed E-state index contributed by atoms with van der Waals surface area (Å²) in [5.74, 6) is -0.659. The minimum absolute atomic E-state index is 0.176. The number of amides is 1. The summed E-state index contributed by atoms with van der Waals surface area (Å²) in [6, 6.07) is 1.54. The van der Waals surface area contributed by atoms with Gasteiger partial charge in [0.1, 0.15) is 6.10 Å². The third-order valence-electron chi connectivity index (χ3n) is 4.17. The van der Waals surface area contributed by atoms with E-state index in [1.54, 1.807) is 6.92 Å². The van der Waals surface area contributed by atoms with Crippen molar-refractivity contribution in [1.29, 1.82) is 0 Å². The van der Waals surface area contributed by atoms with E-state index in [4.69, 9.17) is 4.84 Å². The highest BCUT2D eigenvalue weighted by Crippen LogP contribution is 2.34. The molecule has 0 spiro atoms. The van der Waals surface area contributed by atoms with Crippen LogP contribution >= 0.6 is 11.3 Å². The van der Waals surface area contributed by atoms with Crippen molar-refractivity contribution in [3.63, 3.8) is 0 Å². The number of rotatable bonds is 8. The van der Waals surface area contributed by atoms with E-state index in [1.165, 1.54) is 37.0 Å². The van der Waals surface area contributed by atoms with Gasteiger partial charge in [0.25, 0.3) is 5.91 Å². The van der Waals surface area contributed by atoms with E-state index in [0.29, 0.717) is 17.0 Å². The van der Waals surface area contributed by atoms with E-state index < -0.39 is 33.6 Å². The van der Waals surface area contributed by atoms with E-state index in [1.807, 2.05) is 0 Å². The van der Waals surface area contributed by atoms with Gasteiger partial charge >= 0.3 is 15.5 Å². The second-order valence-electron chi connectivity index (χ2n) is 5.93. The minimum Gasteiger partial charge on any atom is -0.267 e. The molecule has 1 N–H and O–H groups in total. The molecule has 8 nitrogen and oxygen atoms in total. The van der Waals surface area contributed by atoms with E-state index in [2.05, 4.69) is 15.4 Å². The molecule has 0 aliphatic carbocycles. The Kier molecular flexibility index (Phi) is 7.32. The molecule has 0 bridgehead atoms. The summed E-state index contributed by atoms with van der Waals surface area (Å²) < 4.78 is 62.7. The van der Waals surface area contributed by atoms with Crippen LogP contribution < -0.4 is 5.48 Å². The van der Waals surface area contributed by atoms with Crippen molar-refractivity contribution in [2.45, 2.75) is 37.9 Å². The van der Waals surface area contributed by atoms with Crippen molar-refractivity contribution in [1.82, 2.24) is 19.8 Å². The SMILES string of the molecule is CCc1ncsc1C(ONC(=O)c1ccncc1)[C@H](C)N(C)S(=O)(=O)C(F)(F)F. The molecule has 29 heavy (non-hydrogen) atoms. The Morgan fingerprint density at radius 2 is 1.97 bits per heavy atom. The molecule has 2 atom stereocenters. The average molecular weight is 452 g/mol. The minimum atomic E-state index is -5.61. The van der Waals surface area contributed by atoms with Crippen molar-refractivity contribution >= 4 is 27.3 Å². The van der Waals surface area contributed by atoms with Crippen LogP contribution in [0.15, 0.2) is 30.0 Å². The van der Waals surface area contributed by atoms with Gasteiger partial charge in [0.15, 0.2) is 0 Å². The lowest BCUT2D eigenvalue weighted by Gasteiger charge is -2.31. The Balaban J connectivity index is 2.32. The maximum atomic E-state index is 13.0. The molecule has 0 saturated carbocycles. The number of likely N-dealkylation sites (N-methyl/N-ethyl adjacent to an activating group) is 1. The molecule has 2 heterocycles. The van der Waals surface area contributed by atoms with Gasteiger partial charge in [-0.3, -0.25) is 14.6 Å². The highest BCUT2D eigenvalue weighted by molar-refractivity contribution is 7.90. The summed E-state index contributed by atoms with van der Waals surface area (Å²) in [7, 11) is -4.80. The fourth-order valence-electron chi connectivity index (χ4n) is 2.40. The number of thiazole rings is 1. The number of nitrogens with zero attached hydrogens (tertiary/aromatic N) is 3. The Morgan fingerprint density at radius 3 is 2.52 bits per heavy atom. The second kappa shape index (κ2) is 9.15. The first kappa shape index (κ1) is 23.2. The molecule has 0 aliphatic rings. The summed E-state index contributed by atoms with van der Waals surface area (Å²) >= 11 is 1.09. The number of hydrogen-bond acceptors (Lipinski definition) is 7. The van der Waals surface area contributed by atoms with Crippen LogP contribution in [0.2, 0.25) is 0 Å². The number of aromatic nitrogens is 2. The second-order valence-corrected chi connectivity index (χ2v) is 8.81. The molecule has 1 unspecified atom stereocenters. The lowest BCUT2D eigenvalue weighted by molar-refractivity contribution is -0.0600. The quantitative estimate of drug-likeness (QED) is 0.618. The summed E-state index contributed by atoms with van der Waals surface area (Å²) in [5.41, 5.74) is -1.08. The molecule has 0 aliphatic heterocycles. The Labute approximate surface area is 169 Å². The van der Waals surface area contributed by atoms with Gasteiger partial charge in [-0.2, -0.15) is 17.5 Å². The fraction of sp³-hybridized carbons (Fsp3) is 0.438. The van der Waals surface area contributed by atoms with Crippen LogP contribution in [0, 0.1) is 0 Å². The standard InChI is InChI=1S/C16H19F3N4O4S2/c1-4-12-14(28-9-21-12)13(10(2)23(3)29(25,26)16(17,18)19)27-22-15(24)11-5-7-20-8-6-11/h5-10,13H,4H2,1-3H3,(H,22,24)/t10-,13?/m0/s1. The van der Waals surface area contributed by atoms with Crippen LogP contribution in [0.3, 0.4) is 0 Å². The van der Waals surface area contributed by atoms with Gasteiger partial charge < -0.3 is 0 Å². The highest BCUT2D eigenvalue weighted by atomic mass is 32.2. The van der Waals surface area contributed by atoms with E-state index in [9.17, 15) is 26.4 Å². The molecule has 13 heteroatoms. The van der Waals surface area contributed by atoms with Crippen molar-refractivity contribution in [2.24, 2.45) is 0 Å². The van der Waals surface area contributed by atoms with Crippen molar-refractivity contribution in [3.05, 3.63) is 46.2 Å². The van der Waals surface area contributed by atoms with Gasteiger partial charge in [-0.25, -0.2) is 18.9 Å². The van der Waals surface area contributed by atoms with E-state index in [-0.39, 0.29) is 9.87 Å². The molecule has 160 valence electrons. The molecule has 2 aromatic heterocycles. The lowest BCUT2D eigenvalue weighted by atomic mass is 10.1. The number of sulfonamides is 1. The zero-order valence-electron chi connectivity index (χ0n) is 15.7. The zero-order valence-corrected chi connectivity index (χ0v) is 17.3. The Morgan fingerprint density at radius 1 is 1.34 bits per heavy atom. The van der Waals surface area contributed by atoms with Gasteiger partial charge in [-0.1, -0.05) is 6.92 Å². The highest BCUT2D eigenvalue weighted by Gasteiger charge is 2.51. The van der Waals surface area contributed by atoms with Crippen molar-refractivity contribution in [2.75, 3.05) is 7.05 Å². The van der Waals surface area contributed by atoms with Crippen molar-refractivity contribution in [3.8, 4) is 0 Å². The number of hydrogen-bond donors (Lipinski definition) is 1. The van der Waals surface area contributed by atoms with Crippen molar-refractivity contribution < 1.29 is 31.2 Å². The van der Waals surface area contributed by atoms with Crippen LogP contribution in [0.4, 0.5) is 13.2 Å². The maximum Gasteiger partial charge on any atom is 0.511 e. The maximum absolute atomic E-state index is 13.0. The number of carbonyl (C=O) groups excluding carboxylic acids is 1. The Bertz CT molecular complexity index is 935. The number of carbonyl (C=O) groups is 1. The van der Waals surface area contributed by atoms with Gasteiger partial charge in [0.2, 0.25) is 0 Å². The molecule has 0 saturated heterocycles. The number of halogens is 3. The van der Waals surface area contributed by atoms with Gasteiger partial charge in [0, 0.05) is 25.0 Å². The first-order valence-corrected chi connectivity index (χ1v) is 10.6. The first-order valence-electron chi connectivity index (χ1n) is 8.33.